The average molecular weight is 487 g/mol. The highest BCUT2D eigenvalue weighted by molar-refractivity contribution is 7.46. The van der Waals surface area contributed by atoms with Gasteiger partial charge in [-0.2, -0.15) is 0 Å². The molecule has 1 aromatic rings. The van der Waals surface area contributed by atoms with Gasteiger partial charge in [-0.25, -0.2) is 4.57 Å². The number of allylic oxidation sites excluding steroid dienone is 3. The Morgan fingerprint density at radius 2 is 1.88 bits per heavy atom. The van der Waals surface area contributed by atoms with Crippen molar-refractivity contribution in [2.45, 2.75) is 45.9 Å². The molecule has 3 N–H and O–H groups in total. The fourth-order valence-electron chi connectivity index (χ4n) is 5.71. The average Bonchev–Trinajstić information content (AvgIpc) is 3.04. The third-order valence-corrected chi connectivity index (χ3v) is 8.19. The zero-order valence-electron chi connectivity index (χ0n) is 19.5. The van der Waals surface area contributed by atoms with Gasteiger partial charge in [-0.3, -0.25) is 14.1 Å². The number of hydrogen-bond acceptors (Lipinski definition) is 6. The van der Waals surface area contributed by atoms with Gasteiger partial charge in [0.2, 0.25) is 5.78 Å². The molecule has 0 saturated carbocycles. The van der Waals surface area contributed by atoms with Crippen molar-refractivity contribution in [2.24, 2.45) is 10.8 Å². The number of nitrogens with one attached hydrogen (secondary N) is 1. The Hall–Kier alpha value is -2.71. The molecule has 2 aliphatic heterocycles. The first-order chi connectivity index (χ1) is 15.7. The lowest BCUT2D eigenvalue weighted by atomic mass is 9.52. The molecule has 3 unspecified atom stereocenters. The van der Waals surface area contributed by atoms with E-state index >= 15 is 0 Å². The van der Waals surface area contributed by atoms with Crippen molar-refractivity contribution >= 4 is 19.5 Å². The zero-order valence-corrected chi connectivity index (χ0v) is 20.4. The summed E-state index contributed by atoms with van der Waals surface area (Å²) in [6.07, 6.45) is 4.72. The summed E-state index contributed by atoms with van der Waals surface area (Å²) in [6, 6.07) is 3.40. The van der Waals surface area contributed by atoms with Crippen LogP contribution in [0.25, 0.3) is 0 Å². The number of ether oxygens (including phenoxy) is 2. The number of rotatable bonds is 3. The molecule has 4 aliphatic rings. The zero-order chi connectivity index (χ0) is 24.8. The number of Topliss-reactive ketones (excluding diaryl/α,β-unsaturated/α-hetero) is 1. The molecule has 9 nitrogen and oxygen atoms in total. The lowest BCUT2D eigenvalue weighted by Gasteiger charge is -2.58. The van der Waals surface area contributed by atoms with Crippen LogP contribution in [0.1, 0.15) is 55.4 Å². The molecule has 0 bridgehead atoms. The van der Waals surface area contributed by atoms with E-state index in [2.05, 4.69) is 12.2 Å². The first-order valence-corrected chi connectivity index (χ1v) is 12.4. The topological polar surface area (TPSA) is 131 Å². The van der Waals surface area contributed by atoms with Gasteiger partial charge in [0.25, 0.3) is 5.91 Å². The Kier molecular flexibility index (Phi) is 4.69. The van der Waals surface area contributed by atoms with Crippen LogP contribution >= 0.6 is 7.82 Å². The maximum Gasteiger partial charge on any atom is 0.471 e. The van der Waals surface area contributed by atoms with Crippen LogP contribution in [0.5, 0.6) is 5.75 Å². The summed E-state index contributed by atoms with van der Waals surface area (Å²) in [6.45, 7) is 7.71. The monoisotopic (exact) mass is 487 g/mol. The molecule has 0 radical (unpaired) electrons. The van der Waals surface area contributed by atoms with E-state index < -0.39 is 36.4 Å². The van der Waals surface area contributed by atoms with Gasteiger partial charge in [0.1, 0.15) is 5.75 Å². The molecule has 180 valence electrons. The quantitative estimate of drug-likeness (QED) is 0.554. The van der Waals surface area contributed by atoms with Gasteiger partial charge in [0.05, 0.1) is 23.7 Å². The van der Waals surface area contributed by atoms with Crippen LogP contribution in [-0.2, 0) is 25.0 Å². The van der Waals surface area contributed by atoms with E-state index in [4.69, 9.17) is 14.0 Å². The lowest BCUT2D eigenvalue weighted by Crippen LogP contribution is -2.62. The summed E-state index contributed by atoms with van der Waals surface area (Å²) in [4.78, 5) is 44.6. The molecule has 5 rings (SSSR count). The Bertz CT molecular complexity index is 1300. The Morgan fingerprint density at radius 3 is 2.53 bits per heavy atom. The first kappa shape index (κ1) is 23.1. The maximum atomic E-state index is 13.2. The number of methoxy groups -OCH3 is 1. The number of phosphoric acid groups is 1. The number of benzene rings is 1. The number of phosphoric ester groups is 1. The second-order valence-corrected chi connectivity index (χ2v) is 11.1. The number of amides is 1. The van der Waals surface area contributed by atoms with Gasteiger partial charge in [0.15, 0.2) is 17.6 Å². The van der Waals surface area contributed by atoms with Crippen molar-refractivity contribution in [3.8, 4) is 5.75 Å². The third kappa shape index (κ3) is 2.88. The predicted molar refractivity (Wildman–Crippen MR) is 121 cm³/mol. The molecular weight excluding hydrogens is 461 g/mol. The normalized spacial score (nSPS) is 31.0. The van der Waals surface area contributed by atoms with Crippen molar-refractivity contribution in [1.29, 1.82) is 0 Å². The maximum absolute atomic E-state index is 13.2. The molecule has 0 aromatic heterocycles. The van der Waals surface area contributed by atoms with Gasteiger partial charge in [0, 0.05) is 11.5 Å². The Balaban J connectivity index is 1.79. The second kappa shape index (κ2) is 6.92. The van der Waals surface area contributed by atoms with E-state index in [0.29, 0.717) is 12.2 Å². The summed E-state index contributed by atoms with van der Waals surface area (Å²) in [5, 5.41) is 2.48. The first-order valence-electron chi connectivity index (χ1n) is 10.9. The summed E-state index contributed by atoms with van der Waals surface area (Å²) in [7, 11) is -3.49. The number of hydrogen-bond donors (Lipinski definition) is 3. The molecule has 1 spiro atoms. The summed E-state index contributed by atoms with van der Waals surface area (Å²) >= 11 is 0. The number of carbonyl (C=O) groups is 2. The van der Waals surface area contributed by atoms with Crippen LogP contribution in [0, 0.1) is 10.8 Å². The minimum Gasteiger partial charge on any atom is -0.493 e. The molecule has 0 fully saturated rings. The van der Waals surface area contributed by atoms with Crippen molar-refractivity contribution < 1.29 is 37.9 Å². The van der Waals surface area contributed by atoms with E-state index in [1.807, 2.05) is 32.9 Å². The highest BCUT2D eigenvalue weighted by Crippen LogP contribution is 2.62. The summed E-state index contributed by atoms with van der Waals surface area (Å²) in [5.74, 6) is -0.205. The van der Waals surface area contributed by atoms with E-state index in [9.17, 15) is 23.9 Å². The molecule has 2 aliphatic carbocycles. The number of ketones is 1. The third-order valence-electron chi connectivity index (χ3n) is 7.71. The molecule has 10 heteroatoms. The lowest BCUT2D eigenvalue weighted by molar-refractivity contribution is -0.128. The minimum atomic E-state index is -4.93. The molecule has 0 saturated heterocycles. The summed E-state index contributed by atoms with van der Waals surface area (Å²) in [5.41, 5.74) is 0.320. The SMILES string of the molecule is COC1=CC23Oc4c(ccc5c4C(OP(=O)(O)O)NC5=O)CC2(C)C(C)=CC=C3C(C)(C)C1=O. The smallest absolute Gasteiger partial charge is 0.471 e. The highest BCUT2D eigenvalue weighted by atomic mass is 31.2. The standard InChI is InChI=1S/C24H26NO8P/c1-12-6-9-16-22(2,3)19(26)15(31-5)11-24(16)23(12,4)10-13-7-8-14-17(18(13)32-24)21(25-20(14)27)33-34(28,29)30/h6-9,11,21H,10H2,1-5H3,(H,25,27)(H2,28,29,30). The Labute approximate surface area is 196 Å². The van der Waals surface area contributed by atoms with Crippen molar-refractivity contribution in [3.63, 3.8) is 0 Å². The van der Waals surface area contributed by atoms with Crippen molar-refractivity contribution in [3.05, 3.63) is 64.0 Å². The number of carbonyl (C=O) groups excluding carboxylic acids is 2. The van der Waals surface area contributed by atoms with Gasteiger partial charge in [-0.15, -0.1) is 0 Å². The number of fused-ring (bicyclic) bond motifs is 3. The van der Waals surface area contributed by atoms with Crippen molar-refractivity contribution in [1.82, 2.24) is 5.32 Å². The fourth-order valence-corrected chi connectivity index (χ4v) is 6.14. The predicted octanol–water partition coefficient (Wildman–Crippen LogP) is 3.24. The van der Waals surface area contributed by atoms with Crippen LogP contribution in [0.3, 0.4) is 0 Å². The molecule has 2 heterocycles. The van der Waals surface area contributed by atoms with Gasteiger partial charge in [-0.05, 0) is 44.4 Å². The fraction of sp³-hybridized carbons (Fsp3) is 0.417. The Morgan fingerprint density at radius 1 is 1.18 bits per heavy atom. The van der Waals surface area contributed by atoms with Crippen molar-refractivity contribution in [2.75, 3.05) is 7.11 Å². The van der Waals surface area contributed by atoms with Gasteiger partial charge >= 0.3 is 7.82 Å². The van der Waals surface area contributed by atoms with Crippen LogP contribution in [-0.4, -0.2) is 34.2 Å². The van der Waals surface area contributed by atoms with E-state index in [1.54, 1.807) is 18.2 Å². The molecule has 1 amide bonds. The van der Waals surface area contributed by atoms with Crippen LogP contribution in [0.15, 0.2) is 47.3 Å². The van der Waals surface area contributed by atoms with Gasteiger partial charge in [-0.1, -0.05) is 30.7 Å². The van der Waals surface area contributed by atoms with Gasteiger partial charge < -0.3 is 24.6 Å². The molecular formula is C24H26NO8P. The molecule has 3 atom stereocenters. The largest absolute Gasteiger partial charge is 0.493 e. The van der Waals surface area contributed by atoms with E-state index in [1.165, 1.54) is 7.11 Å². The van der Waals surface area contributed by atoms with E-state index in [0.717, 1.165) is 16.7 Å². The van der Waals surface area contributed by atoms with E-state index in [-0.39, 0.29) is 22.7 Å². The minimum absolute atomic E-state index is 0.172. The summed E-state index contributed by atoms with van der Waals surface area (Å²) < 4.78 is 28.8. The second-order valence-electron chi connectivity index (χ2n) is 9.91. The highest BCUT2D eigenvalue weighted by Gasteiger charge is 2.64. The molecule has 34 heavy (non-hydrogen) atoms. The van der Waals surface area contributed by atoms with Crippen LogP contribution in [0.4, 0.5) is 0 Å². The van der Waals surface area contributed by atoms with Crippen LogP contribution < -0.4 is 10.1 Å². The van der Waals surface area contributed by atoms with Crippen LogP contribution in [0.2, 0.25) is 0 Å². The molecule has 1 aromatic carbocycles.